The van der Waals surface area contributed by atoms with Gasteiger partial charge in [-0.3, -0.25) is 0 Å². The van der Waals surface area contributed by atoms with E-state index in [1.165, 1.54) is 55.7 Å². The van der Waals surface area contributed by atoms with Crippen molar-refractivity contribution in [2.45, 2.75) is 18.8 Å². The molecule has 3 aromatic rings. The smallest absolute Gasteiger partial charge is 0.0722 e. The van der Waals surface area contributed by atoms with E-state index in [0.717, 1.165) is 6.42 Å². The molecule has 0 fully saturated rings. The highest BCUT2D eigenvalue weighted by Gasteiger charge is 2.53. The molecule has 0 aliphatic heterocycles. The van der Waals surface area contributed by atoms with Crippen molar-refractivity contribution in [1.29, 1.82) is 0 Å². The van der Waals surface area contributed by atoms with Crippen LogP contribution in [0.5, 0.6) is 0 Å². The summed E-state index contributed by atoms with van der Waals surface area (Å²) in [5, 5.41) is 0. The topological polar surface area (TPSA) is 0 Å². The lowest BCUT2D eigenvalue weighted by atomic mass is 9.67. The summed E-state index contributed by atoms with van der Waals surface area (Å²) in [5.41, 5.74) is 12.9. The molecular formula is C32H26. The monoisotopic (exact) mass is 410 g/mol. The molecule has 32 heavy (non-hydrogen) atoms. The molecule has 0 saturated carbocycles. The Morgan fingerprint density at radius 3 is 2.31 bits per heavy atom. The Kier molecular flexibility index (Phi) is 4.13. The van der Waals surface area contributed by atoms with E-state index < -0.39 is 0 Å². The molecule has 2 unspecified atom stereocenters. The molecule has 3 aromatic carbocycles. The van der Waals surface area contributed by atoms with E-state index in [0.29, 0.717) is 5.92 Å². The zero-order valence-corrected chi connectivity index (χ0v) is 18.4. The summed E-state index contributed by atoms with van der Waals surface area (Å²) in [5.74, 6) is 0.495. The fraction of sp³-hybridized carbons (Fsp3) is 0.125. The zero-order valence-electron chi connectivity index (χ0n) is 18.4. The van der Waals surface area contributed by atoms with Gasteiger partial charge in [-0.1, -0.05) is 117 Å². The Morgan fingerprint density at radius 1 is 0.812 bits per heavy atom. The number of hydrogen-bond acceptors (Lipinski definition) is 0. The van der Waals surface area contributed by atoms with Gasteiger partial charge in [0.15, 0.2) is 0 Å². The Balaban J connectivity index is 1.79. The van der Waals surface area contributed by atoms with Crippen LogP contribution in [0.15, 0.2) is 121 Å². The quantitative estimate of drug-likeness (QED) is 0.409. The second-order valence-electron chi connectivity index (χ2n) is 8.99. The minimum Gasteiger partial charge on any atom is -0.0987 e. The molecule has 3 aliphatic carbocycles. The predicted octanol–water partition coefficient (Wildman–Crippen LogP) is 8.14. The molecule has 154 valence electrons. The lowest BCUT2D eigenvalue weighted by Crippen LogP contribution is -2.28. The van der Waals surface area contributed by atoms with Gasteiger partial charge in [0.1, 0.15) is 0 Å². The molecule has 0 nitrogen and oxygen atoms in total. The lowest BCUT2D eigenvalue weighted by Gasteiger charge is -2.33. The maximum atomic E-state index is 4.32. The van der Waals surface area contributed by atoms with Crippen molar-refractivity contribution in [2.75, 3.05) is 0 Å². The second-order valence-corrected chi connectivity index (χ2v) is 8.99. The molecule has 3 aliphatic rings. The van der Waals surface area contributed by atoms with Crippen LogP contribution in [0.3, 0.4) is 0 Å². The van der Waals surface area contributed by atoms with E-state index in [9.17, 15) is 0 Å². The van der Waals surface area contributed by atoms with Crippen LogP contribution >= 0.6 is 0 Å². The van der Waals surface area contributed by atoms with Gasteiger partial charge in [0.25, 0.3) is 0 Å². The Labute approximate surface area is 190 Å². The first-order chi connectivity index (χ1) is 15.7. The molecule has 0 bridgehead atoms. The van der Waals surface area contributed by atoms with Gasteiger partial charge in [-0.2, -0.15) is 0 Å². The molecule has 0 heterocycles. The zero-order chi connectivity index (χ0) is 21.9. The number of fused-ring (bicyclic) bond motifs is 6. The molecule has 1 spiro atoms. The van der Waals surface area contributed by atoms with Gasteiger partial charge in [-0.05, 0) is 68.0 Å². The van der Waals surface area contributed by atoms with Crippen molar-refractivity contribution in [3.63, 3.8) is 0 Å². The number of rotatable bonds is 3. The summed E-state index contributed by atoms with van der Waals surface area (Å²) in [6.45, 7) is 10.9. The Bertz CT molecular complexity index is 1380. The van der Waals surface area contributed by atoms with Gasteiger partial charge in [-0.25, -0.2) is 0 Å². The second kappa shape index (κ2) is 6.93. The molecule has 6 rings (SSSR count). The van der Waals surface area contributed by atoms with Crippen molar-refractivity contribution in [3.8, 4) is 11.1 Å². The first-order valence-electron chi connectivity index (χ1n) is 11.4. The standard InChI is InChI=1S/C32H26/c1-4-23-26(5-2)32(29-20-12-17-24(31(23)29)22-14-7-6-8-15-22)27-18-10-9-16-25(27)30-21(3)13-11-19-28(30)32/h4-12,14-21H,1-2,13H2,3H3. The van der Waals surface area contributed by atoms with Crippen molar-refractivity contribution in [1.82, 2.24) is 0 Å². The van der Waals surface area contributed by atoms with Gasteiger partial charge in [0, 0.05) is 0 Å². The molecule has 0 aromatic heterocycles. The van der Waals surface area contributed by atoms with E-state index in [-0.39, 0.29) is 5.41 Å². The molecule has 2 atom stereocenters. The SMILES string of the molecule is C=CC1=C(C=C)C2(C3=C(c4ccccc42)C(C)CC=C3)c2cccc(-c3ccccc3)c21. The summed E-state index contributed by atoms with van der Waals surface area (Å²) in [7, 11) is 0. The third kappa shape index (κ3) is 2.22. The normalized spacial score (nSPS) is 22.7. The maximum Gasteiger partial charge on any atom is 0.0722 e. The van der Waals surface area contributed by atoms with Crippen molar-refractivity contribution < 1.29 is 0 Å². The van der Waals surface area contributed by atoms with Crippen molar-refractivity contribution in [3.05, 3.63) is 144 Å². The number of benzene rings is 3. The van der Waals surface area contributed by atoms with Crippen LogP contribution in [0.2, 0.25) is 0 Å². The van der Waals surface area contributed by atoms with Gasteiger partial charge < -0.3 is 0 Å². The van der Waals surface area contributed by atoms with Crippen LogP contribution in [0, 0.1) is 5.92 Å². The average molecular weight is 411 g/mol. The van der Waals surface area contributed by atoms with Gasteiger partial charge in [0.2, 0.25) is 0 Å². The first kappa shape index (κ1) is 19.1. The molecule has 0 radical (unpaired) electrons. The third-order valence-electron chi connectivity index (χ3n) is 7.51. The molecule has 0 amide bonds. The van der Waals surface area contributed by atoms with Crippen LogP contribution in [-0.2, 0) is 5.41 Å². The van der Waals surface area contributed by atoms with Crippen molar-refractivity contribution in [2.24, 2.45) is 5.92 Å². The molecule has 0 N–H and O–H groups in total. The van der Waals surface area contributed by atoms with E-state index >= 15 is 0 Å². The average Bonchev–Trinajstić information content (AvgIpc) is 3.31. The summed E-state index contributed by atoms with van der Waals surface area (Å²) in [4.78, 5) is 0. The summed E-state index contributed by atoms with van der Waals surface area (Å²) >= 11 is 0. The van der Waals surface area contributed by atoms with Gasteiger partial charge >= 0.3 is 0 Å². The highest BCUT2D eigenvalue weighted by atomic mass is 14.5. The predicted molar refractivity (Wildman–Crippen MR) is 136 cm³/mol. The van der Waals surface area contributed by atoms with Gasteiger partial charge in [-0.15, -0.1) is 0 Å². The molecule has 0 heteroatoms. The van der Waals surface area contributed by atoms with Crippen LogP contribution in [0.4, 0.5) is 0 Å². The van der Waals surface area contributed by atoms with Gasteiger partial charge in [0.05, 0.1) is 5.41 Å². The lowest BCUT2D eigenvalue weighted by molar-refractivity contribution is 0.729. The highest BCUT2D eigenvalue weighted by molar-refractivity contribution is 6.02. The summed E-state index contributed by atoms with van der Waals surface area (Å²) in [6.07, 6.45) is 9.93. The maximum absolute atomic E-state index is 4.32. The Hall–Kier alpha value is -3.64. The highest BCUT2D eigenvalue weighted by Crippen LogP contribution is 2.64. The Morgan fingerprint density at radius 2 is 1.53 bits per heavy atom. The van der Waals surface area contributed by atoms with Crippen LogP contribution in [0.1, 0.15) is 35.6 Å². The minimum absolute atomic E-state index is 0.331. The van der Waals surface area contributed by atoms with E-state index in [4.69, 9.17) is 0 Å². The largest absolute Gasteiger partial charge is 0.0987 e. The fourth-order valence-electron chi connectivity index (χ4n) is 6.34. The minimum atomic E-state index is -0.331. The number of allylic oxidation sites excluding steroid dienone is 8. The van der Waals surface area contributed by atoms with E-state index in [2.05, 4.69) is 111 Å². The third-order valence-corrected chi connectivity index (χ3v) is 7.51. The molecule has 0 saturated heterocycles. The van der Waals surface area contributed by atoms with Crippen LogP contribution in [-0.4, -0.2) is 0 Å². The fourth-order valence-corrected chi connectivity index (χ4v) is 6.34. The van der Waals surface area contributed by atoms with E-state index in [1.807, 2.05) is 6.08 Å². The number of hydrogen-bond donors (Lipinski definition) is 0. The molecular weight excluding hydrogens is 384 g/mol. The summed E-state index contributed by atoms with van der Waals surface area (Å²) < 4.78 is 0. The van der Waals surface area contributed by atoms with Crippen LogP contribution in [0.25, 0.3) is 22.3 Å². The first-order valence-corrected chi connectivity index (χ1v) is 11.4. The van der Waals surface area contributed by atoms with Crippen molar-refractivity contribution >= 4 is 11.1 Å². The summed E-state index contributed by atoms with van der Waals surface area (Å²) in [6, 6.07) is 26.5. The van der Waals surface area contributed by atoms with E-state index in [1.54, 1.807) is 0 Å². The van der Waals surface area contributed by atoms with Crippen LogP contribution < -0.4 is 0 Å².